The number of benzene rings is 10. The molecule has 10 aromatic rings. The maximum absolute atomic E-state index is 15.0. The van der Waals surface area contributed by atoms with Crippen molar-refractivity contribution in [3.8, 4) is 0 Å². The predicted molar refractivity (Wildman–Crippen MR) is 188 cm³/mol. The molecule has 0 bridgehead atoms. The second kappa shape index (κ2) is 8.30. The first-order valence-electron chi connectivity index (χ1n) is 15.3. The molecule has 0 N–H and O–H groups in total. The third-order valence-corrected chi connectivity index (χ3v) is 10.1. The van der Waals surface area contributed by atoms with Gasteiger partial charge in [-0.25, -0.2) is 0 Å². The van der Waals surface area contributed by atoms with Crippen LogP contribution in [0.5, 0.6) is 0 Å². The molecule has 10 aromatic carbocycles. The van der Waals surface area contributed by atoms with Gasteiger partial charge < -0.3 is 0 Å². The van der Waals surface area contributed by atoms with Gasteiger partial charge in [-0.15, -0.1) is 0 Å². The molecule has 0 saturated heterocycles. The van der Waals surface area contributed by atoms with Gasteiger partial charge in [0.1, 0.15) is 0 Å². The highest BCUT2D eigenvalue weighted by atomic mass is 16.1. The number of aryl methyl sites for hydroxylation is 2. The molecule has 0 heterocycles. The molecule has 0 spiro atoms. The SMILES string of the molecule is Cc1cc2ccc3cc4ccccc4c4ccc(c1C(=O)c1c(C)cc5ccc6cc7ccccc7c7ccc1c5c67)c2c34. The molecule has 204 valence electrons. The summed E-state index contributed by atoms with van der Waals surface area (Å²) in [5.74, 6) is 0.102. The minimum Gasteiger partial charge on any atom is -0.289 e. The van der Waals surface area contributed by atoms with Gasteiger partial charge in [-0.2, -0.15) is 0 Å². The van der Waals surface area contributed by atoms with E-state index in [1.807, 2.05) is 0 Å². The summed E-state index contributed by atoms with van der Waals surface area (Å²) in [6.07, 6.45) is 0. The molecule has 0 fully saturated rings. The molecule has 1 nitrogen and oxygen atoms in total. The summed E-state index contributed by atoms with van der Waals surface area (Å²) < 4.78 is 0. The number of hydrogen-bond donors (Lipinski definition) is 0. The Morgan fingerprint density at radius 3 is 1.18 bits per heavy atom. The Kier molecular flexibility index (Phi) is 4.52. The first-order chi connectivity index (χ1) is 21.6. The largest absolute Gasteiger partial charge is 0.289 e. The molecular weight excluding hydrogens is 532 g/mol. The van der Waals surface area contributed by atoms with Gasteiger partial charge in [0.05, 0.1) is 0 Å². The van der Waals surface area contributed by atoms with Gasteiger partial charge in [-0.1, -0.05) is 109 Å². The van der Waals surface area contributed by atoms with Crippen LogP contribution in [0.3, 0.4) is 0 Å². The maximum Gasteiger partial charge on any atom is 0.194 e. The van der Waals surface area contributed by atoms with Gasteiger partial charge in [0, 0.05) is 11.1 Å². The Labute approximate surface area is 253 Å². The van der Waals surface area contributed by atoms with Gasteiger partial charge in [0.2, 0.25) is 0 Å². The van der Waals surface area contributed by atoms with Crippen LogP contribution in [-0.2, 0) is 0 Å². The van der Waals surface area contributed by atoms with E-state index in [9.17, 15) is 0 Å². The first-order valence-corrected chi connectivity index (χ1v) is 15.3. The second-order valence-corrected chi connectivity index (χ2v) is 12.5. The molecule has 1 heteroatoms. The predicted octanol–water partition coefficient (Wildman–Crippen LogP) is 11.6. The molecule has 0 amide bonds. The smallest absolute Gasteiger partial charge is 0.194 e. The van der Waals surface area contributed by atoms with Crippen LogP contribution in [0.2, 0.25) is 0 Å². The Morgan fingerprint density at radius 1 is 0.364 bits per heavy atom. The Bertz CT molecular complexity index is 2660. The third kappa shape index (κ3) is 2.96. The first kappa shape index (κ1) is 24.0. The van der Waals surface area contributed by atoms with Crippen LogP contribution in [0.25, 0.3) is 86.2 Å². The van der Waals surface area contributed by atoms with Crippen LogP contribution in [0.15, 0.2) is 121 Å². The molecule has 10 rings (SSSR count). The summed E-state index contributed by atoms with van der Waals surface area (Å²) in [5, 5.41) is 19.2. The quantitative estimate of drug-likeness (QED) is 0.117. The monoisotopic (exact) mass is 558 g/mol. The summed E-state index contributed by atoms with van der Waals surface area (Å²) >= 11 is 0. The van der Waals surface area contributed by atoms with E-state index in [2.05, 4.69) is 135 Å². The van der Waals surface area contributed by atoms with Gasteiger partial charge in [-0.3, -0.25) is 4.79 Å². The third-order valence-electron chi connectivity index (χ3n) is 10.1. The van der Waals surface area contributed by atoms with E-state index in [1.165, 1.54) is 75.4 Å². The van der Waals surface area contributed by atoms with Crippen LogP contribution in [0.1, 0.15) is 27.0 Å². The van der Waals surface area contributed by atoms with Crippen molar-refractivity contribution in [1.29, 1.82) is 0 Å². The molecular formula is C43H26O. The van der Waals surface area contributed by atoms with E-state index in [0.717, 1.165) is 33.0 Å². The molecule has 0 aromatic heterocycles. The summed E-state index contributed by atoms with van der Waals surface area (Å²) in [4.78, 5) is 15.0. The van der Waals surface area contributed by atoms with Crippen molar-refractivity contribution in [1.82, 2.24) is 0 Å². The standard InChI is InChI=1S/C43H26O/c1-23-19-27-11-13-29-21-25-7-3-5-9-31(25)33-15-17-35(41(27)39(29)33)37(23)43(44)38-24(2)20-28-12-14-30-22-26-8-4-6-10-32(26)34-16-18-36(38)42(28)40(30)34/h3-22H,1-2H3. The lowest BCUT2D eigenvalue weighted by Crippen LogP contribution is -2.09. The highest BCUT2D eigenvalue weighted by Crippen LogP contribution is 2.44. The van der Waals surface area contributed by atoms with Crippen LogP contribution in [-0.4, -0.2) is 5.78 Å². The molecule has 0 aliphatic rings. The number of fused-ring (bicyclic) bond motifs is 4. The zero-order valence-electron chi connectivity index (χ0n) is 24.5. The number of carbonyl (C=O) groups is 1. The normalized spacial score (nSPS) is 12.4. The fourth-order valence-corrected chi connectivity index (χ4v) is 8.28. The van der Waals surface area contributed by atoms with E-state index in [0.29, 0.717) is 0 Å². The van der Waals surface area contributed by atoms with Crippen LogP contribution >= 0.6 is 0 Å². The fraction of sp³-hybridized carbons (Fsp3) is 0.0465. The van der Waals surface area contributed by atoms with Crippen molar-refractivity contribution < 1.29 is 4.79 Å². The highest BCUT2D eigenvalue weighted by Gasteiger charge is 2.24. The molecule has 0 radical (unpaired) electrons. The Hall–Kier alpha value is -5.53. The van der Waals surface area contributed by atoms with Gasteiger partial charge in [0.15, 0.2) is 5.78 Å². The van der Waals surface area contributed by atoms with Crippen LogP contribution in [0, 0.1) is 13.8 Å². The van der Waals surface area contributed by atoms with Crippen molar-refractivity contribution in [2.24, 2.45) is 0 Å². The van der Waals surface area contributed by atoms with Gasteiger partial charge in [0.25, 0.3) is 0 Å². The van der Waals surface area contributed by atoms with Crippen molar-refractivity contribution in [2.45, 2.75) is 13.8 Å². The van der Waals surface area contributed by atoms with E-state index in [4.69, 9.17) is 0 Å². The molecule has 0 unspecified atom stereocenters. The number of ketones is 1. The molecule has 44 heavy (non-hydrogen) atoms. The average Bonchev–Trinajstić information content (AvgIpc) is 3.04. The average molecular weight is 559 g/mol. The molecule has 0 aliphatic heterocycles. The summed E-state index contributed by atoms with van der Waals surface area (Å²) in [6.45, 7) is 4.18. The topological polar surface area (TPSA) is 17.1 Å². The zero-order valence-corrected chi connectivity index (χ0v) is 24.5. The Morgan fingerprint density at radius 2 is 0.727 bits per heavy atom. The van der Waals surface area contributed by atoms with Crippen molar-refractivity contribution in [3.05, 3.63) is 144 Å². The number of hydrogen-bond acceptors (Lipinski definition) is 1. The van der Waals surface area contributed by atoms with E-state index in [1.54, 1.807) is 0 Å². The lowest BCUT2D eigenvalue weighted by Gasteiger charge is -2.20. The fourth-order valence-electron chi connectivity index (χ4n) is 8.28. The van der Waals surface area contributed by atoms with Crippen LogP contribution in [0.4, 0.5) is 0 Å². The zero-order chi connectivity index (χ0) is 29.3. The van der Waals surface area contributed by atoms with E-state index < -0.39 is 0 Å². The van der Waals surface area contributed by atoms with Crippen molar-refractivity contribution in [3.63, 3.8) is 0 Å². The number of rotatable bonds is 2. The summed E-state index contributed by atoms with van der Waals surface area (Å²) in [5.41, 5.74) is 3.65. The summed E-state index contributed by atoms with van der Waals surface area (Å²) in [6, 6.07) is 43.9. The minimum atomic E-state index is 0.102. The lowest BCUT2D eigenvalue weighted by atomic mass is 9.82. The second-order valence-electron chi connectivity index (χ2n) is 12.5. The van der Waals surface area contributed by atoms with Crippen LogP contribution < -0.4 is 0 Å². The molecule has 0 aliphatic carbocycles. The van der Waals surface area contributed by atoms with E-state index >= 15 is 4.79 Å². The van der Waals surface area contributed by atoms with Crippen molar-refractivity contribution in [2.75, 3.05) is 0 Å². The van der Waals surface area contributed by atoms with Crippen molar-refractivity contribution >= 4 is 92.0 Å². The maximum atomic E-state index is 15.0. The van der Waals surface area contributed by atoms with Gasteiger partial charge >= 0.3 is 0 Å². The Balaban J connectivity index is 1.30. The number of carbonyl (C=O) groups excluding carboxylic acids is 1. The molecule has 0 saturated carbocycles. The van der Waals surface area contributed by atoms with E-state index in [-0.39, 0.29) is 5.78 Å². The highest BCUT2D eigenvalue weighted by molar-refractivity contribution is 6.36. The minimum absolute atomic E-state index is 0.102. The lowest BCUT2D eigenvalue weighted by molar-refractivity contribution is 0.104. The van der Waals surface area contributed by atoms with Gasteiger partial charge in [-0.05, 0) is 123 Å². The summed E-state index contributed by atoms with van der Waals surface area (Å²) in [7, 11) is 0. The molecule has 0 atom stereocenters.